The first kappa shape index (κ1) is 18.3. The molecule has 0 aliphatic carbocycles. The summed E-state index contributed by atoms with van der Waals surface area (Å²) in [5, 5.41) is 0. The number of halogens is 1. The molecule has 0 aliphatic rings. The lowest BCUT2D eigenvalue weighted by Gasteiger charge is -2.09. The van der Waals surface area contributed by atoms with Gasteiger partial charge >= 0.3 is 0 Å². The van der Waals surface area contributed by atoms with Crippen molar-refractivity contribution in [3.8, 4) is 0 Å². The Morgan fingerprint density at radius 3 is 1.37 bits per heavy atom. The summed E-state index contributed by atoms with van der Waals surface area (Å²) < 4.78 is 1.28. The molecule has 132 valence electrons. The van der Waals surface area contributed by atoms with Gasteiger partial charge in [-0.3, -0.25) is 0 Å². The van der Waals surface area contributed by atoms with E-state index in [1.54, 1.807) is 0 Å². The van der Waals surface area contributed by atoms with Crippen molar-refractivity contribution >= 4 is 33.5 Å². The van der Waals surface area contributed by atoms with Crippen molar-refractivity contribution in [1.29, 1.82) is 0 Å². The second-order valence-corrected chi connectivity index (χ2v) is 9.65. The molecule has 0 spiro atoms. The van der Waals surface area contributed by atoms with Crippen LogP contribution in [0.5, 0.6) is 0 Å². The summed E-state index contributed by atoms with van der Waals surface area (Å²) in [5.74, 6) is 0. The van der Waals surface area contributed by atoms with Crippen LogP contribution in [0.1, 0.15) is 11.1 Å². The van der Waals surface area contributed by atoms with Crippen molar-refractivity contribution in [3.63, 3.8) is 0 Å². The average Bonchev–Trinajstić information content (AvgIpc) is 2.73. The molecule has 4 aromatic rings. The Kier molecular flexibility index (Phi) is 5.95. The van der Waals surface area contributed by atoms with E-state index in [0.717, 1.165) is 6.42 Å². The van der Waals surface area contributed by atoms with E-state index >= 15 is 0 Å². The van der Waals surface area contributed by atoms with Crippen LogP contribution in [-0.2, 0) is 17.3 Å². The van der Waals surface area contributed by atoms with E-state index in [4.69, 9.17) is 0 Å². The van der Waals surface area contributed by atoms with Crippen molar-refractivity contribution in [2.75, 3.05) is 0 Å². The predicted molar refractivity (Wildman–Crippen MR) is 123 cm³/mol. The Hall–Kier alpha value is -2.04. The zero-order valence-electron chi connectivity index (χ0n) is 14.9. The predicted octanol–water partition coefficient (Wildman–Crippen LogP) is 6.98. The van der Waals surface area contributed by atoms with E-state index in [2.05, 4.69) is 132 Å². The molecule has 0 unspecified atom stereocenters. The molecule has 4 rings (SSSR count). The smallest absolute Gasteiger partial charge is 0.0619 e. The summed E-state index contributed by atoms with van der Waals surface area (Å²) in [6, 6.07) is 39.5. The van der Waals surface area contributed by atoms with Gasteiger partial charge in [0.15, 0.2) is 14.7 Å². The summed E-state index contributed by atoms with van der Waals surface area (Å²) in [5.41, 5.74) is 2.71. The molecule has 0 heterocycles. The molecule has 0 N–H and O–H groups in total. The van der Waals surface area contributed by atoms with Gasteiger partial charge in [-0.2, -0.15) is 0 Å². The first-order valence-corrected chi connectivity index (χ1v) is 11.3. The molecule has 0 aromatic heterocycles. The van der Waals surface area contributed by atoms with Crippen molar-refractivity contribution in [2.24, 2.45) is 0 Å². The summed E-state index contributed by atoms with van der Waals surface area (Å²) in [6.45, 7) is 0. The zero-order chi connectivity index (χ0) is 18.5. The maximum atomic E-state index is 2.35. The van der Waals surface area contributed by atoms with Crippen LogP contribution in [0.25, 0.3) is 0 Å². The monoisotopic (exact) mass is 479 g/mol. The lowest BCUT2D eigenvalue weighted by molar-refractivity contribution is 1.17. The molecule has 27 heavy (non-hydrogen) atoms. The van der Waals surface area contributed by atoms with Crippen LogP contribution in [0.15, 0.2) is 124 Å². The molecule has 0 saturated heterocycles. The summed E-state index contributed by atoms with van der Waals surface area (Å²) in [4.78, 5) is 4.07. The zero-order valence-corrected chi connectivity index (χ0v) is 17.9. The molecular formula is C25H20IS+. The Morgan fingerprint density at radius 1 is 0.481 bits per heavy atom. The fourth-order valence-corrected chi connectivity index (χ4v) is 5.55. The fourth-order valence-electron chi connectivity index (χ4n) is 3.10. The Bertz CT molecular complexity index is 938. The van der Waals surface area contributed by atoms with Gasteiger partial charge in [-0.15, -0.1) is 0 Å². The molecule has 0 amide bonds. The topological polar surface area (TPSA) is 0 Å². The van der Waals surface area contributed by atoms with Gasteiger partial charge in [0.05, 0.1) is 10.9 Å². The van der Waals surface area contributed by atoms with Crippen LogP contribution in [0.4, 0.5) is 0 Å². The van der Waals surface area contributed by atoms with Gasteiger partial charge in [0.1, 0.15) is 0 Å². The fraction of sp³-hybridized carbons (Fsp3) is 0.0400. The minimum atomic E-state index is -0.0735. The molecular weight excluding hydrogens is 459 g/mol. The van der Waals surface area contributed by atoms with Crippen LogP contribution in [-0.4, -0.2) is 0 Å². The van der Waals surface area contributed by atoms with E-state index in [9.17, 15) is 0 Å². The summed E-state index contributed by atoms with van der Waals surface area (Å²) >= 11 is 2.35. The van der Waals surface area contributed by atoms with E-state index in [1.807, 2.05) is 0 Å². The standard InChI is InChI=1S/C25H20IS/c26-22-15-11-20(12-16-22)19-21-13-17-25(18-14-21)27(23-7-3-1-4-8-23)24-9-5-2-6-10-24/h1-18H,19H2/q+1. The average molecular weight is 479 g/mol. The first-order chi connectivity index (χ1) is 13.3. The molecule has 4 aromatic carbocycles. The Balaban J connectivity index is 1.64. The van der Waals surface area contributed by atoms with Crippen LogP contribution >= 0.6 is 22.6 Å². The number of rotatable bonds is 5. The van der Waals surface area contributed by atoms with E-state index in [-0.39, 0.29) is 10.9 Å². The molecule has 0 saturated carbocycles. The molecule has 0 aliphatic heterocycles. The van der Waals surface area contributed by atoms with E-state index < -0.39 is 0 Å². The summed E-state index contributed by atoms with van der Waals surface area (Å²) in [7, 11) is -0.0735. The Morgan fingerprint density at radius 2 is 0.889 bits per heavy atom. The van der Waals surface area contributed by atoms with Crippen LogP contribution in [0.3, 0.4) is 0 Å². The SMILES string of the molecule is Ic1ccc(Cc2ccc([S+](c3ccccc3)c3ccccc3)cc2)cc1. The lowest BCUT2D eigenvalue weighted by Crippen LogP contribution is -2.04. The minimum Gasteiger partial charge on any atom is -0.0619 e. The molecule has 0 atom stereocenters. The van der Waals surface area contributed by atoms with Gasteiger partial charge in [0, 0.05) is 3.57 Å². The maximum Gasteiger partial charge on any atom is 0.166 e. The molecule has 2 heteroatoms. The minimum absolute atomic E-state index is 0.0735. The van der Waals surface area contributed by atoms with Crippen LogP contribution < -0.4 is 0 Å². The van der Waals surface area contributed by atoms with Gasteiger partial charge < -0.3 is 0 Å². The maximum absolute atomic E-state index is 2.35. The Labute approximate surface area is 177 Å². The largest absolute Gasteiger partial charge is 0.166 e. The van der Waals surface area contributed by atoms with Crippen LogP contribution in [0, 0.1) is 3.57 Å². The van der Waals surface area contributed by atoms with Gasteiger partial charge in [0.25, 0.3) is 0 Å². The quantitative estimate of drug-likeness (QED) is 0.214. The van der Waals surface area contributed by atoms with Crippen molar-refractivity contribution in [1.82, 2.24) is 0 Å². The first-order valence-electron chi connectivity index (χ1n) is 8.97. The third-order valence-corrected chi connectivity index (χ3v) is 7.39. The highest BCUT2D eigenvalue weighted by Gasteiger charge is 2.27. The van der Waals surface area contributed by atoms with Gasteiger partial charge in [-0.1, -0.05) is 60.7 Å². The number of hydrogen-bond acceptors (Lipinski definition) is 0. The second kappa shape index (κ2) is 8.77. The lowest BCUT2D eigenvalue weighted by atomic mass is 10.1. The van der Waals surface area contributed by atoms with Gasteiger partial charge in [-0.05, 0) is 88.7 Å². The highest BCUT2D eigenvalue weighted by molar-refractivity contribution is 14.1. The third-order valence-electron chi connectivity index (χ3n) is 4.44. The van der Waals surface area contributed by atoms with Crippen molar-refractivity contribution < 1.29 is 0 Å². The third kappa shape index (κ3) is 4.63. The van der Waals surface area contributed by atoms with Crippen molar-refractivity contribution in [2.45, 2.75) is 21.1 Å². The molecule has 0 fully saturated rings. The number of benzene rings is 4. The highest BCUT2D eigenvalue weighted by Crippen LogP contribution is 2.31. The van der Waals surface area contributed by atoms with E-state index in [1.165, 1.54) is 29.4 Å². The van der Waals surface area contributed by atoms with Gasteiger partial charge in [-0.25, -0.2) is 0 Å². The number of hydrogen-bond donors (Lipinski definition) is 0. The van der Waals surface area contributed by atoms with E-state index in [0.29, 0.717) is 0 Å². The summed E-state index contributed by atoms with van der Waals surface area (Å²) in [6.07, 6.45) is 0.974. The van der Waals surface area contributed by atoms with Gasteiger partial charge in [0.2, 0.25) is 0 Å². The molecule has 0 bridgehead atoms. The van der Waals surface area contributed by atoms with Crippen molar-refractivity contribution in [3.05, 3.63) is 124 Å². The normalized spacial score (nSPS) is 10.9. The molecule has 0 nitrogen and oxygen atoms in total. The van der Waals surface area contributed by atoms with Crippen LogP contribution in [0.2, 0.25) is 0 Å². The second-order valence-electron chi connectivity index (χ2n) is 6.38. The highest BCUT2D eigenvalue weighted by atomic mass is 127. The molecule has 0 radical (unpaired) electrons.